The zero-order chi connectivity index (χ0) is 13.4. The van der Waals surface area contributed by atoms with Crippen LogP contribution in [0.5, 0.6) is 5.75 Å². The van der Waals surface area contributed by atoms with Gasteiger partial charge in [-0.25, -0.2) is 0 Å². The first-order valence-corrected chi connectivity index (χ1v) is 6.96. The zero-order valence-corrected chi connectivity index (χ0v) is 12.6. The number of hydrogen-bond donors (Lipinski definition) is 0. The second kappa shape index (κ2) is 8.13. The van der Waals surface area contributed by atoms with Gasteiger partial charge >= 0.3 is 5.97 Å². The first-order valence-electron chi connectivity index (χ1n) is 5.72. The lowest BCUT2D eigenvalue weighted by molar-refractivity contribution is -0.139. The molecule has 0 aromatic heterocycles. The maximum atomic E-state index is 11.3. The molecule has 98 valence electrons. The van der Waals surface area contributed by atoms with Gasteiger partial charge < -0.3 is 9.47 Å². The third-order valence-corrected chi connectivity index (χ3v) is 3.33. The van der Waals surface area contributed by atoms with E-state index in [0.29, 0.717) is 13.0 Å². The lowest BCUT2D eigenvalue weighted by Gasteiger charge is -2.09. The fourth-order valence-electron chi connectivity index (χ4n) is 1.40. The fraction of sp³-hybridized carbons (Fsp3) is 0.357. The van der Waals surface area contributed by atoms with Gasteiger partial charge in [0, 0.05) is 0 Å². The van der Waals surface area contributed by atoms with Gasteiger partial charge in [0.2, 0.25) is 0 Å². The van der Waals surface area contributed by atoms with Gasteiger partial charge in [-0.2, -0.15) is 0 Å². The van der Waals surface area contributed by atoms with Gasteiger partial charge in [-0.3, -0.25) is 4.79 Å². The Morgan fingerprint density at radius 3 is 2.67 bits per heavy atom. The van der Waals surface area contributed by atoms with E-state index in [0.717, 1.165) is 17.7 Å². The van der Waals surface area contributed by atoms with Gasteiger partial charge in [0.15, 0.2) is 0 Å². The van der Waals surface area contributed by atoms with E-state index in [-0.39, 0.29) is 9.89 Å². The molecule has 1 rings (SSSR count). The highest BCUT2D eigenvalue weighted by molar-refractivity contribution is 14.1. The summed E-state index contributed by atoms with van der Waals surface area (Å²) in [4.78, 5) is 11.3. The molecule has 4 heteroatoms. The summed E-state index contributed by atoms with van der Waals surface area (Å²) >= 11 is 2.09. The predicted molar refractivity (Wildman–Crippen MR) is 80.3 cm³/mol. The molecule has 0 fully saturated rings. The Hall–Kier alpha value is -1.04. The second-order valence-electron chi connectivity index (χ2n) is 3.76. The number of alkyl halides is 1. The van der Waals surface area contributed by atoms with Crippen LogP contribution in [0.4, 0.5) is 0 Å². The Bertz CT molecular complexity index is 387. The lowest BCUT2D eigenvalue weighted by Crippen LogP contribution is -2.17. The molecule has 0 saturated carbocycles. The van der Waals surface area contributed by atoms with E-state index in [4.69, 9.17) is 9.47 Å². The van der Waals surface area contributed by atoms with E-state index in [1.807, 2.05) is 30.3 Å². The summed E-state index contributed by atoms with van der Waals surface area (Å²) in [6, 6.07) is 7.77. The van der Waals surface area contributed by atoms with Crippen molar-refractivity contribution in [2.45, 2.75) is 16.8 Å². The minimum Gasteiger partial charge on any atom is -0.493 e. The van der Waals surface area contributed by atoms with Crippen LogP contribution in [0.3, 0.4) is 0 Å². The van der Waals surface area contributed by atoms with Gasteiger partial charge in [0.25, 0.3) is 0 Å². The average molecular weight is 360 g/mol. The van der Waals surface area contributed by atoms with Crippen LogP contribution in [-0.2, 0) is 16.0 Å². The maximum absolute atomic E-state index is 11.3. The highest BCUT2D eigenvalue weighted by Crippen LogP contribution is 2.16. The number of carbonyl (C=O) groups excluding carboxylic acids is 1. The molecule has 0 bridgehead atoms. The van der Waals surface area contributed by atoms with Gasteiger partial charge in [-0.05, 0) is 30.5 Å². The summed E-state index contributed by atoms with van der Waals surface area (Å²) in [6.07, 6.45) is 3.32. The van der Waals surface area contributed by atoms with Crippen molar-refractivity contribution in [1.29, 1.82) is 0 Å². The van der Waals surface area contributed by atoms with E-state index in [1.54, 1.807) is 0 Å². The normalized spacial score (nSPS) is 11.7. The van der Waals surface area contributed by atoms with Gasteiger partial charge in [-0.1, -0.05) is 40.8 Å². The molecule has 0 N–H and O–H groups in total. The van der Waals surface area contributed by atoms with E-state index in [9.17, 15) is 4.79 Å². The van der Waals surface area contributed by atoms with Crippen molar-refractivity contribution < 1.29 is 14.3 Å². The first-order chi connectivity index (χ1) is 8.67. The summed E-state index contributed by atoms with van der Waals surface area (Å²) in [5.74, 6) is 0.644. The van der Waals surface area contributed by atoms with Crippen LogP contribution in [0.1, 0.15) is 12.0 Å². The van der Waals surface area contributed by atoms with Crippen molar-refractivity contribution in [2.75, 3.05) is 13.7 Å². The standard InChI is InChI=1S/C14H17IO3/c1-3-4-9-18-12-7-5-11(6-8-12)10-13(15)14(16)17-2/h3,5-8,13H,1,4,9-10H2,2H3/t13-/m0/s1. The summed E-state index contributed by atoms with van der Waals surface area (Å²) in [5, 5.41) is 0. The molecule has 0 heterocycles. The van der Waals surface area contributed by atoms with Crippen molar-refractivity contribution in [3.05, 3.63) is 42.5 Å². The number of halogens is 1. The lowest BCUT2D eigenvalue weighted by atomic mass is 10.1. The molecule has 18 heavy (non-hydrogen) atoms. The number of benzene rings is 1. The molecule has 1 aromatic rings. The van der Waals surface area contributed by atoms with Crippen LogP contribution in [0.25, 0.3) is 0 Å². The van der Waals surface area contributed by atoms with Crippen LogP contribution in [0.2, 0.25) is 0 Å². The average Bonchev–Trinajstić information content (AvgIpc) is 2.40. The number of methoxy groups -OCH3 is 1. The van der Waals surface area contributed by atoms with Crippen molar-refractivity contribution >= 4 is 28.6 Å². The van der Waals surface area contributed by atoms with Crippen LogP contribution in [-0.4, -0.2) is 23.6 Å². The second-order valence-corrected chi connectivity index (χ2v) is 5.27. The Balaban J connectivity index is 2.49. The fourth-order valence-corrected chi connectivity index (χ4v) is 2.16. The monoisotopic (exact) mass is 360 g/mol. The molecule has 0 saturated heterocycles. The quantitative estimate of drug-likeness (QED) is 0.246. The molecule has 0 amide bonds. The molecular formula is C14H17IO3. The summed E-state index contributed by atoms with van der Waals surface area (Å²) in [7, 11) is 1.41. The highest BCUT2D eigenvalue weighted by Gasteiger charge is 2.15. The summed E-state index contributed by atoms with van der Waals surface area (Å²) in [6.45, 7) is 4.28. The largest absolute Gasteiger partial charge is 0.493 e. The minimum absolute atomic E-state index is 0.153. The third-order valence-electron chi connectivity index (χ3n) is 2.39. The number of carbonyl (C=O) groups is 1. The molecule has 1 aromatic carbocycles. The predicted octanol–water partition coefficient (Wildman–Crippen LogP) is 3.16. The molecule has 0 radical (unpaired) electrons. The summed E-state index contributed by atoms with van der Waals surface area (Å²) < 4.78 is 10.1. The molecule has 3 nitrogen and oxygen atoms in total. The molecule has 0 aliphatic carbocycles. The Morgan fingerprint density at radius 1 is 1.44 bits per heavy atom. The first kappa shape index (κ1) is 15.0. The molecule has 0 aliphatic heterocycles. The Morgan fingerprint density at radius 2 is 2.11 bits per heavy atom. The Kier molecular flexibility index (Phi) is 6.78. The number of ether oxygens (including phenoxy) is 2. The molecule has 0 aliphatic rings. The topological polar surface area (TPSA) is 35.5 Å². The SMILES string of the molecule is C=CCCOc1ccc(C[C@H](I)C(=O)OC)cc1. The van der Waals surface area contributed by atoms with Gasteiger partial charge in [0.1, 0.15) is 9.67 Å². The molecule has 0 spiro atoms. The van der Waals surface area contributed by atoms with Crippen molar-refractivity contribution in [1.82, 2.24) is 0 Å². The van der Waals surface area contributed by atoms with E-state index in [1.165, 1.54) is 7.11 Å². The van der Waals surface area contributed by atoms with Gasteiger partial charge in [0.05, 0.1) is 13.7 Å². The zero-order valence-electron chi connectivity index (χ0n) is 10.4. The van der Waals surface area contributed by atoms with Crippen LogP contribution in [0.15, 0.2) is 36.9 Å². The van der Waals surface area contributed by atoms with E-state index >= 15 is 0 Å². The van der Waals surface area contributed by atoms with Crippen LogP contribution < -0.4 is 4.74 Å². The van der Waals surface area contributed by atoms with Crippen molar-refractivity contribution in [2.24, 2.45) is 0 Å². The smallest absolute Gasteiger partial charge is 0.318 e. The van der Waals surface area contributed by atoms with Crippen LogP contribution >= 0.6 is 22.6 Å². The molecule has 0 unspecified atom stereocenters. The number of rotatable bonds is 7. The van der Waals surface area contributed by atoms with Crippen molar-refractivity contribution in [3.8, 4) is 5.75 Å². The highest BCUT2D eigenvalue weighted by atomic mass is 127. The third kappa shape index (κ3) is 5.08. The summed E-state index contributed by atoms with van der Waals surface area (Å²) in [5.41, 5.74) is 1.09. The number of esters is 1. The van der Waals surface area contributed by atoms with E-state index in [2.05, 4.69) is 29.2 Å². The minimum atomic E-state index is -0.193. The maximum Gasteiger partial charge on any atom is 0.318 e. The van der Waals surface area contributed by atoms with Crippen LogP contribution in [0, 0.1) is 0 Å². The number of hydrogen-bond acceptors (Lipinski definition) is 3. The Labute approximate surface area is 121 Å². The molecule has 1 atom stereocenters. The van der Waals surface area contributed by atoms with Gasteiger partial charge in [-0.15, -0.1) is 6.58 Å². The van der Waals surface area contributed by atoms with E-state index < -0.39 is 0 Å². The molecular weight excluding hydrogens is 343 g/mol. The van der Waals surface area contributed by atoms with Crippen molar-refractivity contribution in [3.63, 3.8) is 0 Å².